The molecule has 0 aliphatic carbocycles. The first-order valence-electron chi connectivity index (χ1n) is 41.3. The number of ketones is 1. The van der Waals surface area contributed by atoms with E-state index in [1.54, 1.807) is 136 Å². The lowest BCUT2D eigenvalue weighted by Crippen LogP contribution is -2.18. The fourth-order valence-corrected chi connectivity index (χ4v) is 14.2. The summed E-state index contributed by atoms with van der Waals surface area (Å²) in [7, 11) is -10.2. The number of Topliss-reactive ketones (excluding diaryl/α,β-unsaturated/α-hetero) is 1. The molecular weight excluding hydrogens is 2220 g/mol. The van der Waals surface area contributed by atoms with Gasteiger partial charge in [0, 0.05) is 144 Å². The molecule has 49 heteroatoms. The quantitative estimate of drug-likeness (QED) is 0.0119. The molecule has 0 aliphatic rings. The Morgan fingerprint density at radius 3 is 0.912 bits per heavy atom. The third-order valence-electron chi connectivity index (χ3n) is 16.4. The molecule has 0 unspecified atom stereocenters. The SMILES string of the molecule is CC(=O)c1cccc(CN=CC=S)c1.CNS(=O)(=O)c1ccc(N=CC=S)cc1.COc1cccc(CN=CC=S)c1.CS(=O)(=O)c1ccc(CN=CC=S)cc1.CS(=O)(=O)c1ccc(N=CC=S)cc1.CSc1ccc(CN=CC=S)cc1.FC(F)(F)Oc1ccc(CN=CC=S)cc1.FC(F)(F)Oc1cccc(CN=CC=S)c1.FC(F)(F)Sc1ccc(CN=CC=S)cc1.NS(=O)(=O)c1ccc(CN=CC=S)cc1. The fourth-order valence-electron chi connectivity index (χ4n) is 9.90. The van der Waals surface area contributed by atoms with Crippen LogP contribution in [0.4, 0.5) is 50.9 Å². The fraction of sp³-hybridized carbons (Fsp3) is 0.173. The van der Waals surface area contributed by atoms with Gasteiger partial charge in [0.1, 0.15) is 17.2 Å². The number of benzene rings is 10. The van der Waals surface area contributed by atoms with Gasteiger partial charge in [0.25, 0.3) is 0 Å². The molecule has 0 aromatic heterocycles. The van der Waals surface area contributed by atoms with Crippen LogP contribution >= 0.6 is 146 Å². The van der Waals surface area contributed by atoms with Gasteiger partial charge < -0.3 is 14.2 Å². The number of aliphatic imine (C=N–C) groups is 10. The zero-order valence-electron chi connectivity index (χ0n) is 78.7. The van der Waals surface area contributed by atoms with Crippen molar-refractivity contribution in [1.82, 2.24) is 4.72 Å². The third kappa shape index (κ3) is 68.0. The van der Waals surface area contributed by atoms with E-state index < -0.39 is 58.0 Å². The number of alkyl halides is 9. The topological polar surface area (TPSA) is 343 Å². The summed E-state index contributed by atoms with van der Waals surface area (Å²) in [5, 5.41) is 19.1. The Kier molecular flexibility index (Phi) is 69.3. The molecular formula is C98H97F9N12O12S16. The minimum atomic E-state index is -4.67. The highest BCUT2D eigenvalue weighted by molar-refractivity contribution is 8.00. The Bertz CT molecular complexity index is 6410. The van der Waals surface area contributed by atoms with Gasteiger partial charge in [-0.05, 0) is 216 Å². The Labute approximate surface area is 911 Å². The molecule has 0 saturated carbocycles. The van der Waals surface area contributed by atoms with Crippen molar-refractivity contribution >= 4 is 318 Å². The molecule has 10 aromatic carbocycles. The molecule has 10 aromatic rings. The monoisotopic (exact) mass is 2320 g/mol. The lowest BCUT2D eigenvalue weighted by atomic mass is 10.1. The second-order valence-electron chi connectivity index (χ2n) is 27.4. The van der Waals surface area contributed by atoms with Gasteiger partial charge in [-0.1, -0.05) is 225 Å². The van der Waals surface area contributed by atoms with Crippen LogP contribution < -0.4 is 24.1 Å². The molecule has 3 N–H and O–H groups in total. The Balaban J connectivity index is 0.000000817. The van der Waals surface area contributed by atoms with Crippen molar-refractivity contribution in [3.63, 3.8) is 0 Å². The summed E-state index contributed by atoms with van der Waals surface area (Å²) < 4.78 is 211. The molecule has 0 spiro atoms. The minimum Gasteiger partial charge on any atom is -0.497 e. The summed E-state index contributed by atoms with van der Waals surface area (Å²) in [5.74, 6) is 0.443. The molecule has 24 nitrogen and oxygen atoms in total. The van der Waals surface area contributed by atoms with Gasteiger partial charge in [0.15, 0.2) is 25.5 Å². The highest BCUT2D eigenvalue weighted by Crippen LogP contribution is 2.37. The standard InChI is InChI=1S/C11H11NOS.2C10H8F3NOS.C10H8F3NS2.C10H11NO2S2.C10H11NOS.C10H11NS2.2C9H10N2O2S2.C9H9NO2S2/c1-9(13)11-4-2-3-10(7-11)8-12-5-6-14;11-10(12,13)15-9-3-1-8(2-4-9)7-14-5-6-16;11-10(12,13)15-9-3-1-2-8(6-9)7-14-4-5-16;11-10(12,13)16-9-3-1-8(2-4-9)7-14-5-6-15;1-15(12,13)10-4-2-9(3-5-10)8-11-6-7-14;1-12-10-4-2-3-9(7-10)8-11-5-6-13;1-13-10-4-2-9(3-5-10)8-11-6-7-12;1-10-15(12,13)9-4-2-8(3-5-9)11-6-7-14;10-15(12,13)9-3-1-8(2-4-9)7-11-5-6-14;1-14(11,12)9-4-2-8(3-5-9)10-6-7-13/h2-7H,8H2,1H3;3*1-6H,7H2;2-7H,8H2,1H3;2*2-7H,8H2,1H3;2-7,10H,1H3;1-6H,7H2,(H2,10,12,13);2-7H,1H3. The molecule has 780 valence electrons. The molecule has 0 radical (unpaired) electrons. The van der Waals surface area contributed by atoms with Crippen molar-refractivity contribution < 1.29 is 92.2 Å². The number of hydrogen-bond acceptors (Lipinski definition) is 34. The number of ether oxygens (including phenoxy) is 3. The number of carbonyl (C=O) groups is 1. The molecule has 0 bridgehead atoms. The van der Waals surface area contributed by atoms with Crippen molar-refractivity contribution in [2.75, 3.05) is 32.9 Å². The summed E-state index contributed by atoms with van der Waals surface area (Å²) in [4.78, 5) is 53.4. The molecule has 0 saturated heterocycles. The predicted molar refractivity (Wildman–Crippen MR) is 622 cm³/mol. The van der Waals surface area contributed by atoms with Crippen LogP contribution in [0.5, 0.6) is 17.2 Å². The van der Waals surface area contributed by atoms with Crippen LogP contribution in [0, 0.1) is 0 Å². The van der Waals surface area contributed by atoms with Crippen molar-refractivity contribution in [3.8, 4) is 17.2 Å². The van der Waals surface area contributed by atoms with E-state index in [4.69, 9.17) is 9.88 Å². The van der Waals surface area contributed by atoms with Crippen LogP contribution in [-0.2, 0) is 92.1 Å². The van der Waals surface area contributed by atoms with Gasteiger partial charge in [-0.15, -0.1) is 38.1 Å². The molecule has 0 aliphatic heterocycles. The molecule has 147 heavy (non-hydrogen) atoms. The number of nitrogens with two attached hydrogens (primary N) is 1. The van der Waals surface area contributed by atoms with Crippen LogP contribution in [0.25, 0.3) is 0 Å². The van der Waals surface area contributed by atoms with Crippen LogP contribution in [0.2, 0.25) is 0 Å². The van der Waals surface area contributed by atoms with Crippen molar-refractivity contribution in [2.45, 2.75) is 107 Å². The second kappa shape index (κ2) is 76.2. The van der Waals surface area contributed by atoms with E-state index in [9.17, 15) is 78.0 Å². The lowest BCUT2D eigenvalue weighted by Gasteiger charge is -2.09. The molecule has 0 atom stereocenters. The van der Waals surface area contributed by atoms with E-state index in [1.807, 2.05) is 42.5 Å². The summed E-state index contributed by atoms with van der Waals surface area (Å²) in [5.41, 5.74) is 5.27. The van der Waals surface area contributed by atoms with Crippen LogP contribution in [0.1, 0.15) is 61.8 Å². The summed E-state index contributed by atoms with van der Waals surface area (Å²) in [6.07, 6.45) is 10.3. The zero-order valence-corrected chi connectivity index (χ0v) is 91.7. The van der Waals surface area contributed by atoms with Gasteiger partial charge in [-0.2, -0.15) is 13.2 Å². The average molecular weight is 2320 g/mol. The number of hydrogen-bond donors (Lipinski definition) is 2. The van der Waals surface area contributed by atoms with E-state index in [1.165, 1.54) is 212 Å². The van der Waals surface area contributed by atoms with Crippen molar-refractivity contribution in [2.24, 2.45) is 55.1 Å². The summed E-state index contributed by atoms with van der Waals surface area (Å²) >= 11 is 47.4. The number of carbonyl (C=O) groups excluding carboxylic acids is 1. The molecule has 0 amide bonds. The van der Waals surface area contributed by atoms with E-state index in [0.717, 1.165) is 44.7 Å². The molecule has 0 heterocycles. The number of rotatable bonds is 39. The highest BCUT2D eigenvalue weighted by atomic mass is 32.2. The minimum absolute atomic E-state index is 0.0747. The van der Waals surface area contributed by atoms with Crippen molar-refractivity contribution in [1.29, 1.82) is 0 Å². The van der Waals surface area contributed by atoms with E-state index in [2.05, 4.69) is 217 Å². The van der Waals surface area contributed by atoms with Crippen LogP contribution in [-0.4, -0.2) is 206 Å². The highest BCUT2D eigenvalue weighted by Gasteiger charge is 2.32. The predicted octanol–water partition coefficient (Wildman–Crippen LogP) is 23.5. The zero-order chi connectivity index (χ0) is 110. The van der Waals surface area contributed by atoms with E-state index in [0.29, 0.717) is 72.5 Å². The van der Waals surface area contributed by atoms with Crippen LogP contribution in [0.15, 0.2) is 322 Å². The van der Waals surface area contributed by atoms with Gasteiger partial charge >= 0.3 is 18.2 Å². The maximum Gasteiger partial charge on any atom is 0.573 e. The van der Waals surface area contributed by atoms with E-state index in [-0.39, 0.29) is 50.3 Å². The number of thioether (sulfide) groups is 2. The maximum absolute atomic E-state index is 12.0. The normalized spacial score (nSPS) is 11.4. The Hall–Kier alpha value is -11.3. The Morgan fingerprint density at radius 1 is 0.347 bits per heavy atom. The van der Waals surface area contributed by atoms with Gasteiger partial charge in [0.05, 0.1) is 90.4 Å². The number of nitrogens with zero attached hydrogens (tertiary/aromatic N) is 10. The number of sulfone groups is 2. The largest absolute Gasteiger partial charge is 0.573 e. The Morgan fingerprint density at radius 2 is 0.619 bits per heavy atom. The first kappa shape index (κ1) is 134. The number of halogens is 9. The molecule has 10 rings (SSSR count). The first-order chi connectivity index (χ1) is 69.7. The summed E-state index contributed by atoms with van der Waals surface area (Å²) in [6, 6.07) is 66.3. The van der Waals surface area contributed by atoms with Gasteiger partial charge in [-0.3, -0.25) is 54.7 Å². The number of primary sulfonamides is 1. The third-order valence-corrected chi connectivity index (χ3v) is 23.8. The first-order valence-corrected chi connectivity index (χ1v) is 54.9. The van der Waals surface area contributed by atoms with Crippen molar-refractivity contribution in [3.05, 3.63) is 293 Å². The maximum atomic E-state index is 12.0. The number of sulfonamides is 2. The van der Waals surface area contributed by atoms with E-state index >= 15 is 0 Å². The number of nitrogens with one attached hydrogen (secondary N) is 1. The van der Waals surface area contributed by atoms with Gasteiger partial charge in [-0.25, -0.2) is 43.5 Å². The second-order valence-corrected chi connectivity index (χ2v) is 39.7. The van der Waals surface area contributed by atoms with Crippen LogP contribution in [0.3, 0.4) is 0 Å². The lowest BCUT2D eigenvalue weighted by molar-refractivity contribution is -0.275. The summed E-state index contributed by atoms with van der Waals surface area (Å²) in [6.45, 7) is 5.51. The average Bonchev–Trinajstić information content (AvgIpc) is 0.809. The number of methoxy groups -OCH3 is 1. The van der Waals surface area contributed by atoms with Gasteiger partial charge in [0.2, 0.25) is 20.0 Å². The smallest absolute Gasteiger partial charge is 0.497 e. The molecule has 0 fully saturated rings. The number of thiocarbonyl (C=S) groups is 10.